The van der Waals surface area contributed by atoms with Gasteiger partial charge in [0.05, 0.1) is 6.07 Å². The molecule has 7 heteroatoms. The maximum atomic E-state index is 12.0. The lowest BCUT2D eigenvalue weighted by atomic mass is 10.2. The van der Waals surface area contributed by atoms with Crippen molar-refractivity contribution in [2.75, 3.05) is 6.54 Å². The van der Waals surface area contributed by atoms with Gasteiger partial charge in [0.15, 0.2) is 5.25 Å². The summed E-state index contributed by atoms with van der Waals surface area (Å²) in [6, 6.07) is 0.962. The van der Waals surface area contributed by atoms with Crippen molar-refractivity contribution in [1.29, 1.82) is 5.26 Å². The predicted octanol–water partition coefficient (Wildman–Crippen LogP) is -0.432. The van der Waals surface area contributed by atoms with Crippen LogP contribution in [0.3, 0.4) is 0 Å². The Hall–Kier alpha value is -1.13. The molecule has 0 radical (unpaired) electrons. The third kappa shape index (κ3) is 2.18. The summed E-state index contributed by atoms with van der Waals surface area (Å²) in [4.78, 5) is 11.1. The second-order valence-electron chi connectivity index (χ2n) is 3.74. The first kappa shape index (κ1) is 12.9. The molecule has 1 fully saturated rings. The van der Waals surface area contributed by atoms with Crippen LogP contribution in [0.5, 0.6) is 0 Å². The van der Waals surface area contributed by atoms with Crippen LogP contribution in [0.2, 0.25) is 0 Å². The van der Waals surface area contributed by atoms with E-state index in [-0.39, 0.29) is 13.0 Å². The number of primary amides is 1. The summed E-state index contributed by atoms with van der Waals surface area (Å²) in [6.45, 7) is 1.90. The van der Waals surface area contributed by atoms with E-state index >= 15 is 0 Å². The van der Waals surface area contributed by atoms with Gasteiger partial charge in [0.25, 0.3) is 0 Å². The van der Waals surface area contributed by atoms with Gasteiger partial charge in [-0.25, -0.2) is 8.42 Å². The molecule has 0 aromatic heterocycles. The monoisotopic (exact) mass is 245 g/mol. The molecule has 2 N–H and O–H groups in total. The second-order valence-corrected chi connectivity index (χ2v) is 5.81. The highest BCUT2D eigenvalue weighted by Crippen LogP contribution is 2.24. The molecule has 0 spiro atoms. The van der Waals surface area contributed by atoms with E-state index in [0.717, 1.165) is 4.31 Å². The Bertz CT molecular complexity index is 412. The highest BCUT2D eigenvalue weighted by molar-refractivity contribution is 7.90. The minimum atomic E-state index is -3.72. The van der Waals surface area contributed by atoms with E-state index < -0.39 is 27.2 Å². The number of sulfonamides is 1. The van der Waals surface area contributed by atoms with E-state index in [0.29, 0.717) is 12.8 Å². The van der Waals surface area contributed by atoms with Crippen LogP contribution in [0.25, 0.3) is 0 Å². The zero-order chi connectivity index (χ0) is 12.3. The zero-order valence-electron chi connectivity index (χ0n) is 9.09. The van der Waals surface area contributed by atoms with Gasteiger partial charge >= 0.3 is 0 Å². The number of hydrogen-bond donors (Lipinski definition) is 1. The second kappa shape index (κ2) is 4.80. The largest absolute Gasteiger partial charge is 0.368 e. The van der Waals surface area contributed by atoms with Crippen LogP contribution in [0.1, 0.15) is 26.2 Å². The molecular weight excluding hydrogens is 230 g/mol. The lowest BCUT2D eigenvalue weighted by Crippen LogP contribution is -2.46. The first-order valence-corrected chi connectivity index (χ1v) is 6.65. The van der Waals surface area contributed by atoms with Gasteiger partial charge in [-0.3, -0.25) is 4.79 Å². The molecule has 0 aliphatic carbocycles. The quantitative estimate of drug-likeness (QED) is 0.725. The summed E-state index contributed by atoms with van der Waals surface area (Å²) >= 11 is 0. The third-order valence-corrected chi connectivity index (χ3v) is 4.98. The van der Waals surface area contributed by atoms with Crippen LogP contribution >= 0.6 is 0 Å². The Morgan fingerprint density at radius 1 is 1.69 bits per heavy atom. The molecule has 0 saturated carbocycles. The maximum absolute atomic E-state index is 12.0. The topological polar surface area (TPSA) is 104 Å². The average molecular weight is 245 g/mol. The summed E-state index contributed by atoms with van der Waals surface area (Å²) in [6.07, 6.45) is 1.26. The molecule has 1 heterocycles. The summed E-state index contributed by atoms with van der Waals surface area (Å²) < 4.78 is 25.1. The lowest BCUT2D eigenvalue weighted by Gasteiger charge is -2.23. The Labute approximate surface area is 95.1 Å². The van der Waals surface area contributed by atoms with Crippen molar-refractivity contribution < 1.29 is 13.2 Å². The number of amides is 1. The van der Waals surface area contributed by atoms with Crippen molar-refractivity contribution in [3.63, 3.8) is 0 Å². The molecule has 2 unspecified atom stereocenters. The highest BCUT2D eigenvalue weighted by Gasteiger charge is 2.41. The van der Waals surface area contributed by atoms with Gasteiger partial charge in [-0.1, -0.05) is 6.92 Å². The van der Waals surface area contributed by atoms with Crippen molar-refractivity contribution in [1.82, 2.24) is 4.31 Å². The standard InChI is InChI=1S/C9H15N3O3S/c1-2-7(6-10)16(14,15)12-5-3-4-8(12)9(11)13/h7-8H,2-5H2,1H3,(H2,11,13). The van der Waals surface area contributed by atoms with Crippen LogP contribution in [0, 0.1) is 11.3 Å². The predicted molar refractivity (Wildman–Crippen MR) is 57.5 cm³/mol. The van der Waals surface area contributed by atoms with Crippen LogP contribution < -0.4 is 5.73 Å². The Balaban J connectivity index is 3.00. The summed E-state index contributed by atoms with van der Waals surface area (Å²) in [5.41, 5.74) is 5.14. The molecule has 1 saturated heterocycles. The van der Waals surface area contributed by atoms with E-state index in [1.165, 1.54) is 0 Å². The SMILES string of the molecule is CCC(C#N)S(=O)(=O)N1CCCC1C(N)=O. The van der Waals surface area contributed by atoms with Crippen molar-refractivity contribution in [2.24, 2.45) is 5.73 Å². The number of hydrogen-bond acceptors (Lipinski definition) is 4. The minimum absolute atomic E-state index is 0.209. The van der Waals surface area contributed by atoms with Gasteiger partial charge in [-0.15, -0.1) is 0 Å². The Morgan fingerprint density at radius 2 is 2.31 bits per heavy atom. The smallest absolute Gasteiger partial charge is 0.235 e. The van der Waals surface area contributed by atoms with Gasteiger partial charge < -0.3 is 5.73 Å². The zero-order valence-corrected chi connectivity index (χ0v) is 9.90. The van der Waals surface area contributed by atoms with Crippen molar-refractivity contribution in [3.8, 4) is 6.07 Å². The molecule has 1 aliphatic rings. The van der Waals surface area contributed by atoms with Crippen molar-refractivity contribution in [2.45, 2.75) is 37.5 Å². The molecule has 0 aromatic carbocycles. The summed E-state index contributed by atoms with van der Waals surface area (Å²) in [5.74, 6) is -0.645. The molecule has 0 aromatic rings. The summed E-state index contributed by atoms with van der Waals surface area (Å²) in [7, 11) is -3.72. The lowest BCUT2D eigenvalue weighted by molar-refractivity contribution is -0.121. The molecule has 1 aliphatic heterocycles. The first-order chi connectivity index (χ1) is 7.45. The van der Waals surface area contributed by atoms with Crippen LogP contribution in [0.15, 0.2) is 0 Å². The average Bonchev–Trinajstić information content (AvgIpc) is 2.67. The Morgan fingerprint density at radius 3 is 2.75 bits per heavy atom. The van der Waals surface area contributed by atoms with Gasteiger partial charge in [0, 0.05) is 6.54 Å². The molecule has 90 valence electrons. The van der Waals surface area contributed by atoms with Gasteiger partial charge in [-0.05, 0) is 19.3 Å². The van der Waals surface area contributed by atoms with Crippen LogP contribution in [-0.2, 0) is 14.8 Å². The van der Waals surface area contributed by atoms with Gasteiger partial charge in [0.2, 0.25) is 15.9 Å². The number of nitrogens with zero attached hydrogens (tertiary/aromatic N) is 2. The number of nitriles is 1. The number of carbonyl (C=O) groups excluding carboxylic acids is 1. The molecule has 16 heavy (non-hydrogen) atoms. The molecule has 2 atom stereocenters. The van der Waals surface area contributed by atoms with E-state index in [1.807, 2.05) is 0 Å². The van der Waals surface area contributed by atoms with Crippen molar-refractivity contribution in [3.05, 3.63) is 0 Å². The summed E-state index contributed by atoms with van der Waals surface area (Å²) in [5, 5.41) is 7.68. The molecule has 6 nitrogen and oxygen atoms in total. The fraction of sp³-hybridized carbons (Fsp3) is 0.778. The van der Waals surface area contributed by atoms with E-state index in [2.05, 4.69) is 0 Å². The van der Waals surface area contributed by atoms with Gasteiger partial charge in [0.1, 0.15) is 6.04 Å². The van der Waals surface area contributed by atoms with E-state index in [4.69, 9.17) is 11.0 Å². The fourth-order valence-corrected chi connectivity index (χ4v) is 3.69. The fourth-order valence-electron chi connectivity index (χ4n) is 1.86. The van der Waals surface area contributed by atoms with Gasteiger partial charge in [-0.2, -0.15) is 9.57 Å². The van der Waals surface area contributed by atoms with Crippen molar-refractivity contribution >= 4 is 15.9 Å². The Kier molecular flexibility index (Phi) is 3.88. The molecule has 1 rings (SSSR count). The minimum Gasteiger partial charge on any atom is -0.368 e. The molecular formula is C9H15N3O3S. The maximum Gasteiger partial charge on any atom is 0.235 e. The van der Waals surface area contributed by atoms with Crippen LogP contribution in [-0.4, -0.2) is 36.5 Å². The molecule has 1 amide bonds. The van der Waals surface area contributed by atoms with Crippen LogP contribution in [0.4, 0.5) is 0 Å². The van der Waals surface area contributed by atoms with E-state index in [9.17, 15) is 13.2 Å². The number of carbonyl (C=O) groups is 1. The third-order valence-electron chi connectivity index (χ3n) is 2.73. The highest BCUT2D eigenvalue weighted by atomic mass is 32.2. The first-order valence-electron chi connectivity index (χ1n) is 5.14. The molecule has 0 bridgehead atoms. The number of nitrogens with two attached hydrogens (primary N) is 1. The number of rotatable bonds is 4. The normalized spacial score (nSPS) is 23.9. The van der Waals surface area contributed by atoms with E-state index in [1.54, 1.807) is 13.0 Å².